The Morgan fingerprint density at radius 1 is 1.00 bits per heavy atom. The monoisotopic (exact) mass is 380 g/mol. The Kier molecular flexibility index (Phi) is 10.0. The number of aliphatic hydroxyl groups excluding tert-OH is 2. The third-order valence-electron chi connectivity index (χ3n) is 3.18. The summed E-state index contributed by atoms with van der Waals surface area (Å²) in [6, 6.07) is -5.08. The fourth-order valence-corrected chi connectivity index (χ4v) is 1.78. The molecule has 0 radical (unpaired) electrons. The van der Waals surface area contributed by atoms with Gasteiger partial charge in [-0.05, 0) is 13.8 Å². The molecular formula is C13H24N4O7S. The fraction of sp³-hybridized carbons (Fsp3) is 0.692. The van der Waals surface area contributed by atoms with Gasteiger partial charge in [0.2, 0.25) is 17.7 Å². The molecule has 0 aromatic carbocycles. The van der Waals surface area contributed by atoms with E-state index < -0.39 is 60.6 Å². The van der Waals surface area contributed by atoms with Crippen LogP contribution in [0.3, 0.4) is 0 Å². The number of amides is 3. The average molecular weight is 380 g/mol. The normalized spacial score (nSPS) is 16.7. The van der Waals surface area contributed by atoms with E-state index in [0.717, 1.165) is 0 Å². The van der Waals surface area contributed by atoms with Crippen LogP contribution in [-0.2, 0) is 19.2 Å². The number of carboxylic acids is 1. The van der Waals surface area contributed by atoms with Crippen molar-refractivity contribution >= 4 is 36.3 Å². The molecule has 0 aliphatic carbocycles. The van der Waals surface area contributed by atoms with Gasteiger partial charge in [0.05, 0.1) is 12.7 Å². The van der Waals surface area contributed by atoms with Crippen molar-refractivity contribution in [2.24, 2.45) is 5.73 Å². The van der Waals surface area contributed by atoms with E-state index in [1.54, 1.807) is 0 Å². The van der Waals surface area contributed by atoms with Gasteiger partial charge in [-0.3, -0.25) is 19.2 Å². The van der Waals surface area contributed by atoms with E-state index in [2.05, 4.69) is 28.6 Å². The summed E-state index contributed by atoms with van der Waals surface area (Å²) in [5.74, 6) is -3.96. The quantitative estimate of drug-likeness (QED) is 0.177. The number of thiol groups is 1. The molecule has 11 nitrogen and oxygen atoms in total. The number of nitrogens with one attached hydrogen (secondary N) is 3. The third kappa shape index (κ3) is 7.69. The number of hydrogen-bond acceptors (Lipinski definition) is 8. The molecule has 0 aliphatic rings. The lowest BCUT2D eigenvalue weighted by Gasteiger charge is -2.23. The molecule has 5 unspecified atom stereocenters. The van der Waals surface area contributed by atoms with Gasteiger partial charge in [0.15, 0.2) is 0 Å². The standard InChI is InChI=1S/C13H24N4O7S/c1-5(13(23)24)15-11(21)8(4-25)17-10(20)7(3-18)16-12(22)9(14)6(2)19/h5-9,18-19,25H,3-4,14H2,1-2H3,(H,15,21)(H,16,22)(H,17,20)(H,23,24). The number of carboxylic acid groups (broad SMARTS) is 1. The van der Waals surface area contributed by atoms with E-state index in [-0.39, 0.29) is 5.75 Å². The predicted molar refractivity (Wildman–Crippen MR) is 89.7 cm³/mol. The molecule has 0 spiro atoms. The van der Waals surface area contributed by atoms with E-state index >= 15 is 0 Å². The number of aliphatic hydroxyl groups is 2. The molecule has 0 heterocycles. The summed E-state index contributed by atoms with van der Waals surface area (Å²) in [6.45, 7) is 1.74. The number of nitrogens with two attached hydrogens (primary N) is 1. The van der Waals surface area contributed by atoms with Gasteiger partial charge in [-0.25, -0.2) is 0 Å². The Hall–Kier alpha value is -1.89. The van der Waals surface area contributed by atoms with Crippen molar-refractivity contribution < 1.29 is 34.5 Å². The molecule has 25 heavy (non-hydrogen) atoms. The van der Waals surface area contributed by atoms with E-state index in [4.69, 9.17) is 10.8 Å². The molecule has 0 rings (SSSR count). The lowest BCUT2D eigenvalue weighted by Crippen LogP contribution is -2.59. The smallest absolute Gasteiger partial charge is 0.325 e. The van der Waals surface area contributed by atoms with Crippen LogP contribution in [0.15, 0.2) is 0 Å². The number of aliphatic carboxylic acids is 1. The van der Waals surface area contributed by atoms with Crippen molar-refractivity contribution in [2.75, 3.05) is 12.4 Å². The van der Waals surface area contributed by atoms with Crippen LogP contribution < -0.4 is 21.7 Å². The second kappa shape index (κ2) is 10.9. The first-order valence-electron chi connectivity index (χ1n) is 7.34. The minimum absolute atomic E-state index is 0.150. The molecule has 0 bridgehead atoms. The Morgan fingerprint density at radius 3 is 1.88 bits per heavy atom. The zero-order valence-electron chi connectivity index (χ0n) is 13.8. The van der Waals surface area contributed by atoms with E-state index in [0.29, 0.717) is 0 Å². The summed E-state index contributed by atoms with van der Waals surface area (Å²) in [5.41, 5.74) is 5.41. The van der Waals surface area contributed by atoms with Crippen LogP contribution in [0.4, 0.5) is 0 Å². The third-order valence-corrected chi connectivity index (χ3v) is 3.55. The maximum atomic E-state index is 12.1. The van der Waals surface area contributed by atoms with Crippen LogP contribution in [0.25, 0.3) is 0 Å². The maximum Gasteiger partial charge on any atom is 0.325 e. The van der Waals surface area contributed by atoms with Crippen LogP contribution in [-0.4, -0.2) is 81.6 Å². The molecule has 0 saturated carbocycles. The molecular weight excluding hydrogens is 356 g/mol. The highest BCUT2D eigenvalue weighted by Gasteiger charge is 2.29. The van der Waals surface area contributed by atoms with Crippen molar-refractivity contribution in [3.63, 3.8) is 0 Å². The molecule has 12 heteroatoms. The van der Waals surface area contributed by atoms with Gasteiger partial charge in [0.1, 0.15) is 24.2 Å². The minimum Gasteiger partial charge on any atom is -0.480 e. The summed E-state index contributed by atoms with van der Waals surface area (Å²) >= 11 is 3.90. The van der Waals surface area contributed by atoms with E-state index in [1.165, 1.54) is 13.8 Å². The summed E-state index contributed by atoms with van der Waals surface area (Å²) in [5, 5.41) is 33.8. The summed E-state index contributed by atoms with van der Waals surface area (Å²) in [7, 11) is 0. The van der Waals surface area contributed by atoms with Gasteiger partial charge in [0, 0.05) is 5.75 Å². The number of carbonyl (C=O) groups excluding carboxylic acids is 3. The van der Waals surface area contributed by atoms with E-state index in [9.17, 15) is 29.4 Å². The van der Waals surface area contributed by atoms with Gasteiger partial charge in [-0.1, -0.05) is 0 Å². The van der Waals surface area contributed by atoms with Gasteiger partial charge in [0.25, 0.3) is 0 Å². The topological polar surface area (TPSA) is 191 Å². The molecule has 5 atom stereocenters. The fourth-order valence-electron chi connectivity index (χ4n) is 1.52. The summed E-state index contributed by atoms with van der Waals surface area (Å²) in [4.78, 5) is 46.4. The number of rotatable bonds is 10. The zero-order valence-corrected chi connectivity index (χ0v) is 14.7. The predicted octanol–water partition coefficient (Wildman–Crippen LogP) is -3.82. The summed E-state index contributed by atoms with van der Waals surface area (Å²) < 4.78 is 0. The number of carbonyl (C=O) groups is 4. The SMILES string of the molecule is CC(NC(=O)C(CS)NC(=O)C(CO)NC(=O)C(N)C(C)O)C(=O)O. The Balaban J connectivity index is 4.84. The largest absolute Gasteiger partial charge is 0.480 e. The van der Waals surface area contributed by atoms with Crippen molar-refractivity contribution in [3.05, 3.63) is 0 Å². The van der Waals surface area contributed by atoms with Crippen LogP contribution in [0.2, 0.25) is 0 Å². The Labute approximate surface area is 149 Å². The highest BCUT2D eigenvalue weighted by atomic mass is 32.1. The molecule has 0 saturated heterocycles. The van der Waals surface area contributed by atoms with Crippen LogP contribution in [0.1, 0.15) is 13.8 Å². The van der Waals surface area contributed by atoms with Gasteiger partial charge in [-0.2, -0.15) is 12.6 Å². The van der Waals surface area contributed by atoms with E-state index in [1.807, 2.05) is 0 Å². The van der Waals surface area contributed by atoms with Crippen LogP contribution >= 0.6 is 12.6 Å². The highest BCUT2D eigenvalue weighted by molar-refractivity contribution is 7.80. The average Bonchev–Trinajstić information content (AvgIpc) is 2.55. The molecule has 0 aromatic rings. The first kappa shape index (κ1) is 23.1. The molecule has 8 N–H and O–H groups in total. The number of hydrogen-bond donors (Lipinski definition) is 8. The van der Waals surface area contributed by atoms with Crippen molar-refractivity contribution in [1.82, 2.24) is 16.0 Å². The zero-order chi connectivity index (χ0) is 19.7. The molecule has 3 amide bonds. The first-order valence-corrected chi connectivity index (χ1v) is 7.97. The molecule has 0 aromatic heterocycles. The Bertz CT molecular complexity index is 503. The van der Waals surface area contributed by atoms with Gasteiger partial charge >= 0.3 is 5.97 Å². The van der Waals surface area contributed by atoms with Crippen molar-refractivity contribution in [3.8, 4) is 0 Å². The molecule has 0 fully saturated rings. The highest BCUT2D eigenvalue weighted by Crippen LogP contribution is 1.96. The maximum absolute atomic E-state index is 12.1. The minimum atomic E-state index is -1.41. The first-order chi connectivity index (χ1) is 11.5. The van der Waals surface area contributed by atoms with Crippen LogP contribution in [0, 0.1) is 0 Å². The molecule has 144 valence electrons. The van der Waals surface area contributed by atoms with Gasteiger partial charge < -0.3 is 37.0 Å². The summed E-state index contributed by atoms with van der Waals surface area (Å²) in [6.07, 6.45) is -1.17. The lowest BCUT2D eigenvalue weighted by molar-refractivity contribution is -0.141. The lowest BCUT2D eigenvalue weighted by atomic mass is 10.1. The second-order valence-electron chi connectivity index (χ2n) is 5.32. The van der Waals surface area contributed by atoms with Crippen molar-refractivity contribution in [2.45, 2.75) is 44.1 Å². The van der Waals surface area contributed by atoms with Crippen molar-refractivity contribution in [1.29, 1.82) is 0 Å². The van der Waals surface area contributed by atoms with Crippen LogP contribution in [0.5, 0.6) is 0 Å². The molecule has 0 aliphatic heterocycles. The van der Waals surface area contributed by atoms with Gasteiger partial charge in [-0.15, -0.1) is 0 Å². The second-order valence-corrected chi connectivity index (χ2v) is 5.69. The Morgan fingerprint density at radius 2 is 1.48 bits per heavy atom.